The lowest BCUT2D eigenvalue weighted by atomic mass is 9.84. The standard InChI is InChI=1S/C12H12ClFN2/c13-10-4-2-1-3-9(10)12(14)7-8(15)5-6-11(12)16/h1-7,11H,15-16H2. The zero-order chi connectivity index (χ0) is 11.8. The van der Waals surface area contributed by atoms with E-state index in [4.69, 9.17) is 23.1 Å². The second-order valence-electron chi connectivity index (χ2n) is 3.78. The molecule has 0 aromatic heterocycles. The van der Waals surface area contributed by atoms with Crippen LogP contribution in [0.2, 0.25) is 5.02 Å². The van der Waals surface area contributed by atoms with Gasteiger partial charge < -0.3 is 11.5 Å². The Labute approximate surface area is 98.4 Å². The van der Waals surface area contributed by atoms with Gasteiger partial charge in [-0.15, -0.1) is 0 Å². The zero-order valence-corrected chi connectivity index (χ0v) is 9.29. The summed E-state index contributed by atoms with van der Waals surface area (Å²) in [4.78, 5) is 0. The van der Waals surface area contributed by atoms with Gasteiger partial charge >= 0.3 is 0 Å². The smallest absolute Gasteiger partial charge is 0.176 e. The first kappa shape index (κ1) is 11.2. The predicted octanol–water partition coefficient (Wildman–Crippen LogP) is 2.24. The molecular weight excluding hydrogens is 227 g/mol. The molecule has 1 aliphatic rings. The van der Waals surface area contributed by atoms with E-state index in [0.717, 1.165) is 0 Å². The van der Waals surface area contributed by atoms with E-state index in [9.17, 15) is 4.39 Å². The van der Waals surface area contributed by atoms with Gasteiger partial charge in [-0.05, 0) is 18.2 Å². The van der Waals surface area contributed by atoms with Crippen molar-refractivity contribution in [1.29, 1.82) is 0 Å². The van der Waals surface area contributed by atoms with Crippen LogP contribution >= 0.6 is 11.6 Å². The SMILES string of the molecule is NC1=CC(F)(c2ccccc2Cl)C(N)C=C1. The molecule has 1 aromatic carbocycles. The number of hydrogen-bond acceptors (Lipinski definition) is 2. The molecule has 2 unspecified atom stereocenters. The van der Waals surface area contributed by atoms with Crippen molar-refractivity contribution in [2.45, 2.75) is 11.7 Å². The van der Waals surface area contributed by atoms with Crippen LogP contribution in [0.5, 0.6) is 0 Å². The molecule has 0 saturated carbocycles. The van der Waals surface area contributed by atoms with Crippen LogP contribution in [0.1, 0.15) is 5.56 Å². The molecule has 1 aliphatic carbocycles. The summed E-state index contributed by atoms with van der Waals surface area (Å²) >= 11 is 5.97. The van der Waals surface area contributed by atoms with Gasteiger partial charge in [0.15, 0.2) is 5.67 Å². The molecule has 0 radical (unpaired) electrons. The van der Waals surface area contributed by atoms with E-state index in [1.807, 2.05) is 0 Å². The average molecular weight is 239 g/mol. The molecule has 4 N–H and O–H groups in total. The summed E-state index contributed by atoms with van der Waals surface area (Å²) in [5, 5.41) is 0.347. The van der Waals surface area contributed by atoms with E-state index in [-0.39, 0.29) is 0 Å². The van der Waals surface area contributed by atoms with Crippen molar-refractivity contribution in [2.24, 2.45) is 11.5 Å². The molecule has 0 spiro atoms. The Balaban J connectivity index is 2.54. The maximum Gasteiger partial charge on any atom is 0.176 e. The van der Waals surface area contributed by atoms with Crippen LogP contribution in [-0.4, -0.2) is 6.04 Å². The molecule has 0 saturated heterocycles. The highest BCUT2D eigenvalue weighted by molar-refractivity contribution is 6.31. The van der Waals surface area contributed by atoms with Crippen LogP contribution < -0.4 is 11.5 Å². The van der Waals surface area contributed by atoms with Crippen molar-refractivity contribution < 1.29 is 4.39 Å². The second kappa shape index (κ2) is 3.92. The van der Waals surface area contributed by atoms with Crippen molar-refractivity contribution in [3.05, 3.63) is 58.8 Å². The molecule has 16 heavy (non-hydrogen) atoms. The summed E-state index contributed by atoms with van der Waals surface area (Å²) in [6, 6.07) is 5.93. The first-order valence-corrected chi connectivity index (χ1v) is 5.28. The van der Waals surface area contributed by atoms with Gasteiger partial charge in [-0.1, -0.05) is 35.9 Å². The Morgan fingerprint density at radius 3 is 2.69 bits per heavy atom. The van der Waals surface area contributed by atoms with Crippen molar-refractivity contribution in [2.75, 3.05) is 0 Å². The van der Waals surface area contributed by atoms with Gasteiger partial charge in [0.2, 0.25) is 0 Å². The van der Waals surface area contributed by atoms with Crippen LogP contribution in [0.25, 0.3) is 0 Å². The number of nitrogens with two attached hydrogens (primary N) is 2. The quantitative estimate of drug-likeness (QED) is 0.789. The summed E-state index contributed by atoms with van der Waals surface area (Å²) in [7, 11) is 0. The molecule has 84 valence electrons. The number of allylic oxidation sites excluding steroid dienone is 1. The van der Waals surface area contributed by atoms with E-state index < -0.39 is 11.7 Å². The molecule has 1 aromatic rings. The maximum absolute atomic E-state index is 14.8. The summed E-state index contributed by atoms with van der Waals surface area (Å²) in [5.41, 5.74) is 10.2. The van der Waals surface area contributed by atoms with Crippen LogP contribution in [-0.2, 0) is 5.67 Å². The molecule has 0 amide bonds. The molecule has 2 rings (SSSR count). The molecule has 4 heteroatoms. The number of rotatable bonds is 1. The van der Waals surface area contributed by atoms with E-state index >= 15 is 0 Å². The Morgan fingerprint density at radius 1 is 1.31 bits per heavy atom. The lowest BCUT2D eigenvalue weighted by Crippen LogP contribution is -2.41. The van der Waals surface area contributed by atoms with Crippen LogP contribution in [0.4, 0.5) is 4.39 Å². The third-order valence-corrected chi connectivity index (χ3v) is 2.97. The fraction of sp³-hybridized carbons (Fsp3) is 0.167. The summed E-state index contributed by atoms with van der Waals surface area (Å²) in [6.45, 7) is 0. The highest BCUT2D eigenvalue weighted by atomic mass is 35.5. The minimum atomic E-state index is -1.84. The Kier molecular flexibility index (Phi) is 2.74. The lowest BCUT2D eigenvalue weighted by molar-refractivity contribution is 0.207. The fourth-order valence-electron chi connectivity index (χ4n) is 1.77. The minimum absolute atomic E-state index is 0.344. The molecule has 0 bridgehead atoms. The second-order valence-corrected chi connectivity index (χ2v) is 4.18. The van der Waals surface area contributed by atoms with Crippen LogP contribution in [0.3, 0.4) is 0 Å². The van der Waals surface area contributed by atoms with E-state index in [1.54, 1.807) is 36.4 Å². The topological polar surface area (TPSA) is 52.0 Å². The van der Waals surface area contributed by atoms with Gasteiger partial charge in [-0.2, -0.15) is 0 Å². The van der Waals surface area contributed by atoms with Crippen molar-refractivity contribution >= 4 is 11.6 Å². The molecular formula is C12H12ClFN2. The Morgan fingerprint density at radius 2 is 2.00 bits per heavy atom. The van der Waals surface area contributed by atoms with Crippen molar-refractivity contribution in [1.82, 2.24) is 0 Å². The van der Waals surface area contributed by atoms with E-state index in [0.29, 0.717) is 16.3 Å². The average Bonchev–Trinajstić information content (AvgIpc) is 2.24. The summed E-state index contributed by atoms with van der Waals surface area (Å²) < 4.78 is 14.8. The first-order chi connectivity index (χ1) is 7.54. The first-order valence-electron chi connectivity index (χ1n) is 4.90. The van der Waals surface area contributed by atoms with Gasteiger partial charge in [0.25, 0.3) is 0 Å². The molecule has 0 heterocycles. The van der Waals surface area contributed by atoms with Gasteiger partial charge in [-0.25, -0.2) is 4.39 Å². The van der Waals surface area contributed by atoms with Crippen LogP contribution in [0, 0.1) is 0 Å². The lowest BCUT2D eigenvalue weighted by Gasteiger charge is -2.30. The minimum Gasteiger partial charge on any atom is -0.399 e. The molecule has 0 aliphatic heterocycles. The highest BCUT2D eigenvalue weighted by Gasteiger charge is 2.38. The van der Waals surface area contributed by atoms with Gasteiger partial charge in [0, 0.05) is 16.3 Å². The number of benzene rings is 1. The van der Waals surface area contributed by atoms with E-state index in [1.165, 1.54) is 6.08 Å². The van der Waals surface area contributed by atoms with Crippen LogP contribution in [0.15, 0.2) is 48.2 Å². The monoisotopic (exact) mass is 238 g/mol. The highest BCUT2D eigenvalue weighted by Crippen LogP contribution is 2.38. The van der Waals surface area contributed by atoms with Crippen molar-refractivity contribution in [3.63, 3.8) is 0 Å². The predicted molar refractivity (Wildman–Crippen MR) is 63.6 cm³/mol. The fourth-order valence-corrected chi connectivity index (χ4v) is 2.05. The van der Waals surface area contributed by atoms with Gasteiger partial charge in [-0.3, -0.25) is 0 Å². The third kappa shape index (κ3) is 1.72. The zero-order valence-electron chi connectivity index (χ0n) is 8.53. The Hall–Kier alpha value is -1.32. The summed E-state index contributed by atoms with van der Waals surface area (Å²) in [5.74, 6) is 0. The maximum atomic E-state index is 14.8. The largest absolute Gasteiger partial charge is 0.399 e. The molecule has 2 atom stereocenters. The number of hydrogen-bond donors (Lipinski definition) is 2. The van der Waals surface area contributed by atoms with Gasteiger partial charge in [0.05, 0.1) is 6.04 Å². The van der Waals surface area contributed by atoms with Crippen molar-refractivity contribution in [3.8, 4) is 0 Å². The normalized spacial score (nSPS) is 28.9. The Bertz CT molecular complexity index is 470. The number of alkyl halides is 1. The number of halogens is 2. The third-order valence-electron chi connectivity index (χ3n) is 2.64. The van der Waals surface area contributed by atoms with Gasteiger partial charge in [0.1, 0.15) is 0 Å². The molecule has 2 nitrogen and oxygen atoms in total. The van der Waals surface area contributed by atoms with E-state index in [2.05, 4.69) is 0 Å². The molecule has 0 fully saturated rings. The summed E-state index contributed by atoms with van der Waals surface area (Å²) in [6.07, 6.45) is 4.44.